The zero-order valence-corrected chi connectivity index (χ0v) is 11.1. The van der Waals surface area contributed by atoms with Crippen LogP contribution in [0.15, 0.2) is 30.5 Å². The second kappa shape index (κ2) is 4.73. The van der Waals surface area contributed by atoms with E-state index in [0.717, 1.165) is 16.8 Å². The van der Waals surface area contributed by atoms with E-state index in [1.165, 1.54) is 6.20 Å². The quantitative estimate of drug-likeness (QED) is 0.745. The van der Waals surface area contributed by atoms with E-state index in [-0.39, 0.29) is 11.6 Å². The van der Waals surface area contributed by atoms with Gasteiger partial charge >= 0.3 is 0 Å². The third kappa shape index (κ3) is 2.11. The Balaban J connectivity index is 1.90. The first-order valence-electron chi connectivity index (χ1n) is 6.20. The van der Waals surface area contributed by atoms with Crippen molar-refractivity contribution in [1.29, 1.82) is 0 Å². The molecule has 20 heavy (non-hydrogen) atoms. The van der Waals surface area contributed by atoms with Crippen LogP contribution in [0.4, 0.5) is 5.82 Å². The van der Waals surface area contributed by atoms with Crippen molar-refractivity contribution in [3.05, 3.63) is 47.4 Å². The van der Waals surface area contributed by atoms with Crippen molar-refractivity contribution in [3.63, 3.8) is 0 Å². The summed E-state index contributed by atoms with van der Waals surface area (Å²) in [5, 5.41) is 9.59. The summed E-state index contributed by atoms with van der Waals surface area (Å²) in [4.78, 5) is 20.7. The lowest BCUT2D eigenvalue weighted by molar-refractivity contribution is 0.102. The summed E-state index contributed by atoms with van der Waals surface area (Å²) in [7, 11) is 0. The van der Waals surface area contributed by atoms with Gasteiger partial charge in [-0.1, -0.05) is 12.1 Å². The SMILES string of the molecule is Cc1[nH]nc(NC(=O)c2cnc3ccccc3n2)c1C. The van der Waals surface area contributed by atoms with Gasteiger partial charge in [0.25, 0.3) is 5.91 Å². The minimum atomic E-state index is -0.321. The topological polar surface area (TPSA) is 83.6 Å². The second-order valence-corrected chi connectivity index (χ2v) is 4.52. The highest BCUT2D eigenvalue weighted by molar-refractivity contribution is 6.03. The maximum Gasteiger partial charge on any atom is 0.277 e. The zero-order valence-electron chi connectivity index (χ0n) is 11.1. The molecule has 0 radical (unpaired) electrons. The number of aromatic nitrogens is 4. The van der Waals surface area contributed by atoms with Crippen molar-refractivity contribution in [2.75, 3.05) is 5.32 Å². The fraction of sp³-hybridized carbons (Fsp3) is 0.143. The normalized spacial score (nSPS) is 10.7. The molecule has 0 bridgehead atoms. The van der Waals surface area contributed by atoms with Crippen LogP contribution in [0.1, 0.15) is 21.7 Å². The molecule has 0 fully saturated rings. The van der Waals surface area contributed by atoms with Gasteiger partial charge in [-0.2, -0.15) is 5.10 Å². The highest BCUT2D eigenvalue weighted by Crippen LogP contribution is 2.15. The number of benzene rings is 1. The Kier molecular flexibility index (Phi) is 2.90. The molecular weight excluding hydrogens is 254 g/mol. The van der Waals surface area contributed by atoms with Gasteiger partial charge in [0.2, 0.25) is 0 Å². The van der Waals surface area contributed by atoms with Crippen LogP contribution in [-0.2, 0) is 0 Å². The van der Waals surface area contributed by atoms with Crippen molar-refractivity contribution in [2.24, 2.45) is 0 Å². The average molecular weight is 267 g/mol. The molecule has 2 aromatic heterocycles. The fourth-order valence-electron chi connectivity index (χ4n) is 1.84. The molecule has 3 aromatic rings. The number of aromatic amines is 1. The number of aryl methyl sites for hydroxylation is 1. The van der Waals surface area contributed by atoms with Crippen molar-refractivity contribution in [3.8, 4) is 0 Å². The van der Waals surface area contributed by atoms with Crippen LogP contribution < -0.4 is 5.32 Å². The van der Waals surface area contributed by atoms with Crippen molar-refractivity contribution in [1.82, 2.24) is 20.2 Å². The number of nitrogens with one attached hydrogen (secondary N) is 2. The minimum absolute atomic E-state index is 0.267. The molecule has 6 nitrogen and oxygen atoms in total. The Morgan fingerprint density at radius 2 is 1.95 bits per heavy atom. The highest BCUT2D eigenvalue weighted by atomic mass is 16.2. The van der Waals surface area contributed by atoms with Gasteiger partial charge in [-0.25, -0.2) is 4.98 Å². The number of amides is 1. The highest BCUT2D eigenvalue weighted by Gasteiger charge is 2.13. The average Bonchev–Trinajstić information content (AvgIpc) is 2.78. The van der Waals surface area contributed by atoms with E-state index in [1.807, 2.05) is 38.1 Å². The lowest BCUT2D eigenvalue weighted by atomic mass is 10.2. The Labute approximate surface area is 115 Å². The van der Waals surface area contributed by atoms with Gasteiger partial charge in [-0.15, -0.1) is 0 Å². The summed E-state index contributed by atoms with van der Waals surface area (Å²) in [6.07, 6.45) is 1.46. The van der Waals surface area contributed by atoms with Gasteiger partial charge in [-0.05, 0) is 26.0 Å². The molecule has 0 aliphatic heterocycles. The monoisotopic (exact) mass is 267 g/mol. The molecular formula is C14H13N5O. The van der Waals surface area contributed by atoms with E-state index in [1.54, 1.807) is 0 Å². The first-order valence-corrected chi connectivity index (χ1v) is 6.20. The molecule has 2 N–H and O–H groups in total. The summed E-state index contributed by atoms with van der Waals surface area (Å²) in [5.41, 5.74) is 3.55. The molecule has 3 rings (SSSR count). The number of H-pyrrole nitrogens is 1. The van der Waals surface area contributed by atoms with Gasteiger partial charge in [0.05, 0.1) is 17.2 Å². The first kappa shape index (κ1) is 12.3. The predicted octanol–water partition coefficient (Wildman–Crippen LogP) is 2.22. The number of carbonyl (C=O) groups is 1. The van der Waals surface area contributed by atoms with Gasteiger partial charge in [0, 0.05) is 11.3 Å². The summed E-state index contributed by atoms with van der Waals surface area (Å²) in [5.74, 6) is 0.195. The van der Waals surface area contributed by atoms with E-state index in [0.29, 0.717) is 11.3 Å². The number of rotatable bonds is 2. The number of para-hydroxylation sites is 2. The number of anilines is 1. The molecule has 6 heteroatoms. The summed E-state index contributed by atoms with van der Waals surface area (Å²) < 4.78 is 0. The van der Waals surface area contributed by atoms with Crippen molar-refractivity contribution >= 4 is 22.8 Å². The smallest absolute Gasteiger partial charge is 0.277 e. The second-order valence-electron chi connectivity index (χ2n) is 4.52. The number of hydrogen-bond donors (Lipinski definition) is 2. The van der Waals surface area contributed by atoms with Crippen molar-refractivity contribution in [2.45, 2.75) is 13.8 Å². The number of carbonyl (C=O) groups excluding carboxylic acids is 1. The Morgan fingerprint density at radius 3 is 2.65 bits per heavy atom. The number of fused-ring (bicyclic) bond motifs is 1. The van der Waals surface area contributed by atoms with Crippen LogP contribution in [-0.4, -0.2) is 26.1 Å². The lowest BCUT2D eigenvalue weighted by Crippen LogP contribution is -2.15. The van der Waals surface area contributed by atoms with Crippen LogP contribution in [0.2, 0.25) is 0 Å². The maximum absolute atomic E-state index is 12.2. The van der Waals surface area contributed by atoms with E-state index in [9.17, 15) is 4.79 Å². The zero-order chi connectivity index (χ0) is 14.1. The molecule has 1 aromatic carbocycles. The summed E-state index contributed by atoms with van der Waals surface area (Å²) in [6, 6.07) is 7.42. The molecule has 0 aliphatic carbocycles. The molecule has 0 spiro atoms. The largest absolute Gasteiger partial charge is 0.303 e. The molecule has 0 saturated heterocycles. The van der Waals surface area contributed by atoms with Crippen LogP contribution in [0.5, 0.6) is 0 Å². The first-order chi connectivity index (χ1) is 9.65. The maximum atomic E-state index is 12.2. The summed E-state index contributed by atoms with van der Waals surface area (Å²) in [6.45, 7) is 3.79. The number of hydrogen-bond acceptors (Lipinski definition) is 4. The molecule has 0 aliphatic rings. The van der Waals surface area contributed by atoms with Crippen molar-refractivity contribution < 1.29 is 4.79 Å². The van der Waals surface area contributed by atoms with Crippen LogP contribution in [0.3, 0.4) is 0 Å². The van der Waals surface area contributed by atoms with Gasteiger partial charge in [0.15, 0.2) is 5.82 Å². The Hall–Kier alpha value is -2.76. The third-order valence-corrected chi connectivity index (χ3v) is 3.17. The van der Waals surface area contributed by atoms with E-state index >= 15 is 0 Å². The molecule has 0 unspecified atom stereocenters. The molecule has 0 atom stereocenters. The third-order valence-electron chi connectivity index (χ3n) is 3.17. The Morgan fingerprint density at radius 1 is 1.20 bits per heavy atom. The molecule has 0 saturated carbocycles. The molecule has 1 amide bonds. The Bertz CT molecular complexity index is 793. The molecule has 2 heterocycles. The van der Waals surface area contributed by atoms with E-state index < -0.39 is 0 Å². The standard InChI is InChI=1S/C14H13N5O/c1-8-9(2)18-19-13(8)17-14(20)12-7-15-10-5-3-4-6-11(10)16-12/h3-7H,1-2H3,(H2,17,18,19,20). The van der Waals surface area contributed by atoms with Gasteiger partial charge < -0.3 is 5.32 Å². The van der Waals surface area contributed by atoms with Crippen LogP contribution in [0.25, 0.3) is 11.0 Å². The number of nitrogens with zero attached hydrogens (tertiary/aromatic N) is 3. The van der Waals surface area contributed by atoms with Gasteiger partial charge in [0.1, 0.15) is 5.69 Å². The molecule has 100 valence electrons. The predicted molar refractivity (Wildman–Crippen MR) is 75.6 cm³/mol. The summed E-state index contributed by atoms with van der Waals surface area (Å²) >= 11 is 0. The van der Waals surface area contributed by atoms with E-state index in [4.69, 9.17) is 0 Å². The van der Waals surface area contributed by atoms with E-state index in [2.05, 4.69) is 25.5 Å². The lowest BCUT2D eigenvalue weighted by Gasteiger charge is -2.03. The fourth-order valence-corrected chi connectivity index (χ4v) is 1.84. The van der Waals surface area contributed by atoms with Crippen LogP contribution in [0, 0.1) is 13.8 Å². The van der Waals surface area contributed by atoms with Crippen LogP contribution >= 0.6 is 0 Å². The van der Waals surface area contributed by atoms with Gasteiger partial charge in [-0.3, -0.25) is 14.9 Å². The minimum Gasteiger partial charge on any atom is -0.303 e.